The summed E-state index contributed by atoms with van der Waals surface area (Å²) < 4.78 is 0. The minimum atomic E-state index is -1.25. The summed E-state index contributed by atoms with van der Waals surface area (Å²) in [5, 5.41) is 35.9. The number of hydrogen-bond acceptors (Lipinski definition) is 7. The standard InChI is InChI=1S/C26H34N4O7/c1-15(2)22(26(36)37)30-25(35)21(13-17-8-10-18(32)11-9-17)29-24(34)20(28-23(33)19(27)14-31)12-16-6-4-3-5-7-16/h3-11,15,19-22,31-32H,12-14,27H2,1-2H3,(H,28,33)(H,29,34)(H,30,35)(H,36,37). The number of carboxylic acids is 1. The number of aliphatic hydroxyl groups is 1. The van der Waals surface area contributed by atoms with Gasteiger partial charge in [-0.25, -0.2) is 4.79 Å². The zero-order valence-electron chi connectivity index (χ0n) is 20.8. The summed E-state index contributed by atoms with van der Waals surface area (Å²) >= 11 is 0. The molecule has 11 heteroatoms. The molecule has 0 saturated heterocycles. The van der Waals surface area contributed by atoms with Gasteiger partial charge >= 0.3 is 5.97 Å². The molecule has 2 rings (SSSR count). The van der Waals surface area contributed by atoms with Crippen LogP contribution < -0.4 is 21.7 Å². The second-order valence-electron chi connectivity index (χ2n) is 9.04. The van der Waals surface area contributed by atoms with Gasteiger partial charge in [-0.3, -0.25) is 14.4 Å². The second-order valence-corrected chi connectivity index (χ2v) is 9.04. The SMILES string of the molecule is CC(C)C(NC(=O)C(Cc1ccc(O)cc1)NC(=O)C(Cc1ccccc1)NC(=O)C(N)CO)C(=O)O. The van der Waals surface area contributed by atoms with Crippen molar-refractivity contribution in [3.05, 3.63) is 65.7 Å². The summed E-state index contributed by atoms with van der Waals surface area (Å²) in [5.41, 5.74) is 6.93. The van der Waals surface area contributed by atoms with Crippen LogP contribution in [0.1, 0.15) is 25.0 Å². The minimum absolute atomic E-state index is 0.00948. The van der Waals surface area contributed by atoms with Crippen LogP contribution in [0.5, 0.6) is 5.75 Å². The van der Waals surface area contributed by atoms with Crippen molar-refractivity contribution in [1.82, 2.24) is 16.0 Å². The molecule has 0 bridgehead atoms. The molecule has 0 saturated carbocycles. The maximum Gasteiger partial charge on any atom is 0.326 e. The molecule has 11 nitrogen and oxygen atoms in total. The predicted molar refractivity (Wildman–Crippen MR) is 135 cm³/mol. The van der Waals surface area contributed by atoms with Gasteiger partial charge in [-0.2, -0.15) is 0 Å². The summed E-state index contributed by atoms with van der Waals surface area (Å²) in [5.74, 6) is -3.78. The number of phenols is 1. The first-order valence-electron chi connectivity index (χ1n) is 11.8. The van der Waals surface area contributed by atoms with Crippen molar-refractivity contribution < 1.29 is 34.5 Å². The Hall–Kier alpha value is -3.96. The number of carbonyl (C=O) groups excluding carboxylic acids is 3. The van der Waals surface area contributed by atoms with Crippen molar-refractivity contribution in [3.8, 4) is 5.75 Å². The number of amides is 3. The summed E-state index contributed by atoms with van der Waals surface area (Å²) in [6.07, 6.45) is 0.0678. The van der Waals surface area contributed by atoms with Crippen LogP contribution in [0, 0.1) is 5.92 Å². The molecule has 0 heterocycles. The molecule has 4 unspecified atom stereocenters. The van der Waals surface area contributed by atoms with Gasteiger partial charge in [-0.1, -0.05) is 56.3 Å². The normalized spacial score (nSPS) is 14.2. The molecule has 0 aliphatic rings. The van der Waals surface area contributed by atoms with Crippen molar-refractivity contribution in [2.24, 2.45) is 11.7 Å². The molecule has 0 aromatic heterocycles. The highest BCUT2D eigenvalue weighted by molar-refractivity contribution is 5.94. The van der Waals surface area contributed by atoms with Gasteiger partial charge in [-0.05, 0) is 29.2 Å². The number of nitrogens with one attached hydrogen (secondary N) is 3. The van der Waals surface area contributed by atoms with Crippen LogP contribution in [0.2, 0.25) is 0 Å². The number of rotatable bonds is 13. The Labute approximate surface area is 215 Å². The lowest BCUT2D eigenvalue weighted by atomic mass is 10.0. The Balaban J connectivity index is 2.31. The molecule has 2 aromatic carbocycles. The quantitative estimate of drug-likeness (QED) is 0.189. The third-order valence-corrected chi connectivity index (χ3v) is 5.69. The number of aromatic hydroxyl groups is 1. The molecular formula is C26H34N4O7. The smallest absolute Gasteiger partial charge is 0.326 e. The number of nitrogens with two attached hydrogens (primary N) is 1. The Bertz CT molecular complexity index is 1060. The molecule has 2 aromatic rings. The van der Waals surface area contributed by atoms with E-state index in [1.54, 1.807) is 56.3 Å². The lowest BCUT2D eigenvalue weighted by Crippen LogP contribution is -2.58. The van der Waals surface area contributed by atoms with E-state index in [0.29, 0.717) is 5.56 Å². The molecule has 200 valence electrons. The van der Waals surface area contributed by atoms with Crippen LogP contribution in [0.4, 0.5) is 0 Å². The van der Waals surface area contributed by atoms with E-state index in [4.69, 9.17) is 5.73 Å². The lowest BCUT2D eigenvalue weighted by molar-refractivity contribution is -0.143. The first kappa shape index (κ1) is 29.3. The summed E-state index contributed by atoms with van der Waals surface area (Å²) in [6.45, 7) is 2.66. The fraction of sp³-hybridized carbons (Fsp3) is 0.385. The van der Waals surface area contributed by atoms with E-state index in [0.717, 1.165) is 5.56 Å². The average Bonchev–Trinajstić information content (AvgIpc) is 2.87. The van der Waals surface area contributed by atoms with Crippen molar-refractivity contribution in [1.29, 1.82) is 0 Å². The highest BCUT2D eigenvalue weighted by atomic mass is 16.4. The monoisotopic (exact) mass is 514 g/mol. The Morgan fingerprint density at radius 2 is 1.27 bits per heavy atom. The third kappa shape index (κ3) is 9.21. The number of aliphatic carboxylic acids is 1. The van der Waals surface area contributed by atoms with E-state index in [-0.39, 0.29) is 18.6 Å². The maximum atomic E-state index is 13.3. The number of aliphatic hydroxyl groups excluding tert-OH is 1. The van der Waals surface area contributed by atoms with Gasteiger partial charge in [0.2, 0.25) is 17.7 Å². The van der Waals surface area contributed by atoms with E-state index in [2.05, 4.69) is 16.0 Å². The average molecular weight is 515 g/mol. The van der Waals surface area contributed by atoms with Crippen molar-refractivity contribution in [2.45, 2.75) is 50.9 Å². The van der Waals surface area contributed by atoms with Crippen molar-refractivity contribution in [3.63, 3.8) is 0 Å². The minimum Gasteiger partial charge on any atom is -0.508 e. The fourth-order valence-electron chi connectivity index (χ4n) is 3.54. The molecule has 3 amide bonds. The summed E-state index contributed by atoms with van der Waals surface area (Å²) in [4.78, 5) is 50.5. The largest absolute Gasteiger partial charge is 0.508 e. The van der Waals surface area contributed by atoms with Crippen LogP contribution in [0.3, 0.4) is 0 Å². The van der Waals surface area contributed by atoms with Gasteiger partial charge in [0.15, 0.2) is 0 Å². The highest BCUT2D eigenvalue weighted by Gasteiger charge is 2.31. The number of hydrogen-bond donors (Lipinski definition) is 7. The third-order valence-electron chi connectivity index (χ3n) is 5.69. The van der Waals surface area contributed by atoms with E-state index in [1.165, 1.54) is 12.1 Å². The van der Waals surface area contributed by atoms with Gasteiger partial charge in [0, 0.05) is 12.8 Å². The molecule has 37 heavy (non-hydrogen) atoms. The summed E-state index contributed by atoms with van der Waals surface area (Å²) in [7, 11) is 0. The van der Waals surface area contributed by atoms with Gasteiger partial charge in [0.1, 0.15) is 29.9 Å². The zero-order chi connectivity index (χ0) is 27.5. The Morgan fingerprint density at radius 3 is 1.76 bits per heavy atom. The highest BCUT2D eigenvalue weighted by Crippen LogP contribution is 2.13. The van der Waals surface area contributed by atoms with E-state index < -0.39 is 60.4 Å². The van der Waals surface area contributed by atoms with Gasteiger partial charge < -0.3 is 37.0 Å². The molecule has 0 fully saturated rings. The first-order valence-corrected chi connectivity index (χ1v) is 11.8. The Morgan fingerprint density at radius 1 is 0.784 bits per heavy atom. The molecular weight excluding hydrogens is 480 g/mol. The molecule has 0 aliphatic heterocycles. The molecule has 0 spiro atoms. The second kappa shape index (κ2) is 14.0. The lowest BCUT2D eigenvalue weighted by Gasteiger charge is -2.26. The van der Waals surface area contributed by atoms with Crippen LogP contribution >= 0.6 is 0 Å². The van der Waals surface area contributed by atoms with Gasteiger partial charge in [0.25, 0.3) is 0 Å². The summed E-state index contributed by atoms with van der Waals surface area (Å²) in [6, 6.07) is 10.1. The van der Waals surface area contributed by atoms with Crippen molar-refractivity contribution >= 4 is 23.7 Å². The van der Waals surface area contributed by atoms with Gasteiger partial charge in [0.05, 0.1) is 6.61 Å². The number of carbonyl (C=O) groups is 4. The van der Waals surface area contributed by atoms with Crippen LogP contribution in [-0.2, 0) is 32.0 Å². The topological polar surface area (TPSA) is 191 Å². The first-order chi connectivity index (χ1) is 17.5. The zero-order valence-corrected chi connectivity index (χ0v) is 20.8. The van der Waals surface area contributed by atoms with Crippen LogP contribution in [-0.4, -0.2) is 69.8 Å². The molecule has 4 atom stereocenters. The van der Waals surface area contributed by atoms with Crippen molar-refractivity contribution in [2.75, 3.05) is 6.61 Å². The number of benzene rings is 2. The predicted octanol–water partition coefficient (Wildman–Crippen LogP) is -0.308. The number of phenolic OH excluding ortho intramolecular Hbond substituents is 1. The molecule has 0 aliphatic carbocycles. The van der Waals surface area contributed by atoms with E-state index in [9.17, 15) is 34.5 Å². The maximum absolute atomic E-state index is 13.3. The van der Waals surface area contributed by atoms with E-state index in [1.807, 2.05) is 0 Å². The molecule has 8 N–H and O–H groups in total. The van der Waals surface area contributed by atoms with Crippen LogP contribution in [0.25, 0.3) is 0 Å². The van der Waals surface area contributed by atoms with Crippen LogP contribution in [0.15, 0.2) is 54.6 Å². The van der Waals surface area contributed by atoms with Gasteiger partial charge in [-0.15, -0.1) is 0 Å². The van der Waals surface area contributed by atoms with E-state index >= 15 is 0 Å². The Kier molecular flexibility index (Phi) is 11.0. The number of carboxylic acid groups (broad SMARTS) is 1. The fourth-order valence-corrected chi connectivity index (χ4v) is 3.54. The molecule has 0 radical (unpaired) electrons.